The van der Waals surface area contributed by atoms with Crippen LogP contribution in [0.3, 0.4) is 0 Å². The number of ether oxygens (including phenoxy) is 1. The Labute approximate surface area is 84.2 Å². The molecule has 1 aromatic heterocycles. The molecule has 1 aromatic rings. The van der Waals surface area contributed by atoms with Crippen molar-refractivity contribution in [2.45, 2.75) is 6.42 Å². The summed E-state index contributed by atoms with van der Waals surface area (Å²) in [5.74, 6) is 0.699. The summed E-state index contributed by atoms with van der Waals surface area (Å²) in [5.41, 5.74) is 0. The van der Waals surface area contributed by atoms with Gasteiger partial charge in [-0.2, -0.15) is 0 Å². The molecule has 0 spiro atoms. The van der Waals surface area contributed by atoms with Crippen molar-refractivity contribution in [3.05, 3.63) is 21.6 Å². The van der Waals surface area contributed by atoms with E-state index in [1.54, 1.807) is 13.3 Å². The monoisotopic (exact) mass is 250 g/mol. The SMILES string of the molecule is COCCc1ncc(Br)c(Cl)n1. The smallest absolute Gasteiger partial charge is 0.146 e. The van der Waals surface area contributed by atoms with Crippen LogP contribution in [0.15, 0.2) is 10.7 Å². The van der Waals surface area contributed by atoms with Gasteiger partial charge in [0.25, 0.3) is 0 Å². The van der Waals surface area contributed by atoms with Gasteiger partial charge in [-0.15, -0.1) is 0 Å². The van der Waals surface area contributed by atoms with Gasteiger partial charge in [-0.25, -0.2) is 9.97 Å². The summed E-state index contributed by atoms with van der Waals surface area (Å²) in [7, 11) is 1.64. The molecule has 0 aliphatic rings. The fourth-order valence-electron chi connectivity index (χ4n) is 0.694. The molecule has 1 heterocycles. The van der Waals surface area contributed by atoms with Crippen molar-refractivity contribution < 1.29 is 4.74 Å². The molecule has 0 radical (unpaired) electrons. The van der Waals surface area contributed by atoms with E-state index in [1.165, 1.54) is 0 Å². The van der Waals surface area contributed by atoms with Gasteiger partial charge in [0.1, 0.15) is 11.0 Å². The zero-order valence-corrected chi connectivity index (χ0v) is 8.89. The summed E-state index contributed by atoms with van der Waals surface area (Å²) in [6.07, 6.45) is 2.32. The lowest BCUT2D eigenvalue weighted by atomic mass is 10.4. The van der Waals surface area contributed by atoms with Crippen molar-refractivity contribution in [1.29, 1.82) is 0 Å². The highest BCUT2D eigenvalue weighted by molar-refractivity contribution is 9.10. The molecule has 0 amide bonds. The Morgan fingerprint density at radius 3 is 3.00 bits per heavy atom. The number of hydrogen-bond acceptors (Lipinski definition) is 3. The molecule has 0 N–H and O–H groups in total. The first kappa shape index (κ1) is 9.89. The minimum absolute atomic E-state index is 0.441. The first-order chi connectivity index (χ1) is 5.74. The molecule has 0 atom stereocenters. The third-order valence-electron chi connectivity index (χ3n) is 1.28. The highest BCUT2D eigenvalue weighted by Crippen LogP contribution is 2.17. The van der Waals surface area contributed by atoms with E-state index in [-0.39, 0.29) is 0 Å². The number of aromatic nitrogens is 2. The maximum Gasteiger partial charge on any atom is 0.146 e. The van der Waals surface area contributed by atoms with Crippen LogP contribution in [-0.2, 0) is 11.2 Å². The van der Waals surface area contributed by atoms with E-state index >= 15 is 0 Å². The molecule has 0 aromatic carbocycles. The van der Waals surface area contributed by atoms with E-state index in [2.05, 4.69) is 25.9 Å². The third-order valence-corrected chi connectivity index (χ3v) is 2.38. The van der Waals surface area contributed by atoms with Gasteiger partial charge >= 0.3 is 0 Å². The van der Waals surface area contributed by atoms with Gasteiger partial charge in [0, 0.05) is 19.7 Å². The molecular formula is C7H8BrClN2O. The van der Waals surface area contributed by atoms with Crippen molar-refractivity contribution >= 4 is 27.5 Å². The van der Waals surface area contributed by atoms with Gasteiger partial charge in [0.2, 0.25) is 0 Å². The summed E-state index contributed by atoms with van der Waals surface area (Å²) in [6.45, 7) is 0.609. The second-order valence-corrected chi connectivity index (χ2v) is 3.38. The maximum absolute atomic E-state index is 5.75. The summed E-state index contributed by atoms with van der Waals surface area (Å²) in [6, 6.07) is 0. The van der Waals surface area contributed by atoms with Gasteiger partial charge in [-0.1, -0.05) is 11.6 Å². The van der Waals surface area contributed by atoms with Gasteiger partial charge in [-0.05, 0) is 15.9 Å². The molecule has 0 fully saturated rings. The molecular weight excluding hydrogens is 243 g/mol. The molecule has 0 saturated carbocycles. The molecule has 0 saturated heterocycles. The van der Waals surface area contributed by atoms with Crippen LogP contribution in [-0.4, -0.2) is 23.7 Å². The van der Waals surface area contributed by atoms with Crippen molar-refractivity contribution in [2.24, 2.45) is 0 Å². The van der Waals surface area contributed by atoms with Crippen LogP contribution in [0.4, 0.5) is 0 Å². The standard InChI is InChI=1S/C7H8BrClN2O/c1-12-3-2-6-10-4-5(8)7(9)11-6/h4H,2-3H2,1H3. The highest BCUT2D eigenvalue weighted by Gasteiger charge is 2.01. The fourth-order valence-corrected chi connectivity index (χ4v) is 1.03. The fraction of sp³-hybridized carbons (Fsp3) is 0.429. The number of hydrogen-bond donors (Lipinski definition) is 0. The van der Waals surface area contributed by atoms with E-state index in [1.807, 2.05) is 0 Å². The number of nitrogens with zero attached hydrogens (tertiary/aromatic N) is 2. The van der Waals surface area contributed by atoms with Crippen LogP contribution >= 0.6 is 27.5 Å². The van der Waals surface area contributed by atoms with E-state index in [9.17, 15) is 0 Å². The first-order valence-corrected chi connectivity index (χ1v) is 4.57. The molecule has 0 unspecified atom stereocenters. The highest BCUT2D eigenvalue weighted by atomic mass is 79.9. The Hall–Kier alpha value is -0.190. The summed E-state index contributed by atoms with van der Waals surface area (Å²) in [4.78, 5) is 8.09. The van der Waals surface area contributed by atoms with E-state index < -0.39 is 0 Å². The summed E-state index contributed by atoms with van der Waals surface area (Å²) in [5, 5.41) is 0.441. The largest absolute Gasteiger partial charge is 0.384 e. The molecule has 0 bridgehead atoms. The van der Waals surface area contributed by atoms with E-state index in [0.717, 1.165) is 0 Å². The summed E-state index contributed by atoms with van der Waals surface area (Å²) < 4.78 is 5.59. The van der Waals surface area contributed by atoms with Crippen LogP contribution in [0.5, 0.6) is 0 Å². The predicted molar refractivity (Wildman–Crippen MR) is 50.3 cm³/mol. The van der Waals surface area contributed by atoms with Crippen LogP contribution in [0.1, 0.15) is 5.82 Å². The van der Waals surface area contributed by atoms with Gasteiger partial charge < -0.3 is 4.74 Å². The van der Waals surface area contributed by atoms with Crippen molar-refractivity contribution in [3.8, 4) is 0 Å². The topological polar surface area (TPSA) is 35.0 Å². The number of halogens is 2. The molecule has 0 aliphatic heterocycles. The zero-order chi connectivity index (χ0) is 8.97. The average molecular weight is 252 g/mol. The number of methoxy groups -OCH3 is 1. The molecule has 1 rings (SSSR count). The Balaban J connectivity index is 2.69. The lowest BCUT2D eigenvalue weighted by Crippen LogP contribution is -2.00. The van der Waals surface area contributed by atoms with Gasteiger partial charge in [0.05, 0.1) is 11.1 Å². The molecule has 3 nitrogen and oxygen atoms in total. The Morgan fingerprint density at radius 2 is 2.42 bits per heavy atom. The Bertz CT molecular complexity index is 270. The average Bonchev–Trinajstić information content (AvgIpc) is 2.07. The third kappa shape index (κ3) is 2.69. The second kappa shape index (κ2) is 4.74. The first-order valence-electron chi connectivity index (χ1n) is 3.40. The Morgan fingerprint density at radius 1 is 1.67 bits per heavy atom. The maximum atomic E-state index is 5.75. The lowest BCUT2D eigenvalue weighted by Gasteiger charge is -1.99. The second-order valence-electron chi connectivity index (χ2n) is 2.17. The molecule has 0 aliphatic carbocycles. The minimum Gasteiger partial charge on any atom is -0.384 e. The van der Waals surface area contributed by atoms with Crippen LogP contribution < -0.4 is 0 Å². The molecule has 5 heteroatoms. The minimum atomic E-state index is 0.441. The van der Waals surface area contributed by atoms with Crippen LogP contribution in [0, 0.1) is 0 Å². The zero-order valence-electron chi connectivity index (χ0n) is 6.55. The summed E-state index contributed by atoms with van der Waals surface area (Å²) >= 11 is 8.96. The molecule has 12 heavy (non-hydrogen) atoms. The Kier molecular flexibility index (Phi) is 3.91. The van der Waals surface area contributed by atoms with Crippen LogP contribution in [0.25, 0.3) is 0 Å². The molecule has 66 valence electrons. The van der Waals surface area contributed by atoms with Crippen LogP contribution in [0.2, 0.25) is 5.15 Å². The van der Waals surface area contributed by atoms with E-state index in [4.69, 9.17) is 16.3 Å². The van der Waals surface area contributed by atoms with Crippen molar-refractivity contribution in [3.63, 3.8) is 0 Å². The van der Waals surface area contributed by atoms with E-state index in [0.29, 0.717) is 28.5 Å². The predicted octanol–water partition coefficient (Wildman–Crippen LogP) is 2.08. The normalized spacial score (nSPS) is 10.2. The number of rotatable bonds is 3. The quantitative estimate of drug-likeness (QED) is 0.772. The lowest BCUT2D eigenvalue weighted by molar-refractivity contribution is 0.200. The van der Waals surface area contributed by atoms with Crippen molar-refractivity contribution in [2.75, 3.05) is 13.7 Å². The van der Waals surface area contributed by atoms with Crippen molar-refractivity contribution in [1.82, 2.24) is 9.97 Å². The van der Waals surface area contributed by atoms with Gasteiger partial charge in [0.15, 0.2) is 0 Å². The van der Waals surface area contributed by atoms with Gasteiger partial charge in [-0.3, -0.25) is 0 Å².